The van der Waals surface area contributed by atoms with Gasteiger partial charge in [0.05, 0.1) is 6.10 Å². The molecule has 2 aromatic rings. The lowest BCUT2D eigenvalue weighted by Crippen LogP contribution is -2.24. The van der Waals surface area contributed by atoms with Gasteiger partial charge in [0.1, 0.15) is 0 Å². The molecule has 2 atom stereocenters. The van der Waals surface area contributed by atoms with Crippen LogP contribution in [0.2, 0.25) is 5.02 Å². The first-order valence-corrected chi connectivity index (χ1v) is 6.61. The number of pyridine rings is 1. The number of benzene rings is 1. The monoisotopic (exact) mass is 276 g/mol. The van der Waals surface area contributed by atoms with Gasteiger partial charge in [0.2, 0.25) is 0 Å². The van der Waals surface area contributed by atoms with Crippen LogP contribution in [-0.2, 0) is 0 Å². The zero-order valence-corrected chi connectivity index (χ0v) is 11.5. The van der Waals surface area contributed by atoms with E-state index in [-0.39, 0.29) is 6.04 Å². The summed E-state index contributed by atoms with van der Waals surface area (Å²) in [7, 11) is 0. The predicted molar refractivity (Wildman–Crippen MR) is 77.1 cm³/mol. The van der Waals surface area contributed by atoms with Crippen LogP contribution in [0.3, 0.4) is 0 Å². The van der Waals surface area contributed by atoms with E-state index >= 15 is 0 Å². The van der Waals surface area contributed by atoms with Gasteiger partial charge in [0, 0.05) is 30.0 Å². The van der Waals surface area contributed by atoms with Gasteiger partial charge in [-0.15, -0.1) is 0 Å². The standard InChI is InChI=1S/C15H17ClN2O/c1-11(13-3-2-4-14(16)9-13)18-10-15(19)12-5-7-17-8-6-12/h2-9,11,15,18-19H,10H2,1H3. The number of nitrogens with one attached hydrogen (secondary N) is 1. The Morgan fingerprint density at radius 1 is 1.21 bits per heavy atom. The van der Waals surface area contributed by atoms with Crippen molar-refractivity contribution in [3.8, 4) is 0 Å². The number of aliphatic hydroxyl groups excluding tert-OH is 1. The molecule has 0 amide bonds. The number of aromatic nitrogens is 1. The van der Waals surface area contributed by atoms with Gasteiger partial charge in [-0.25, -0.2) is 0 Å². The van der Waals surface area contributed by atoms with Crippen LogP contribution in [0.1, 0.15) is 30.2 Å². The molecule has 1 aromatic carbocycles. The molecule has 3 nitrogen and oxygen atoms in total. The molecule has 0 aliphatic heterocycles. The summed E-state index contributed by atoms with van der Waals surface area (Å²) < 4.78 is 0. The highest BCUT2D eigenvalue weighted by Gasteiger charge is 2.10. The summed E-state index contributed by atoms with van der Waals surface area (Å²) in [6.45, 7) is 2.53. The zero-order valence-electron chi connectivity index (χ0n) is 10.8. The van der Waals surface area contributed by atoms with E-state index in [1.54, 1.807) is 12.4 Å². The quantitative estimate of drug-likeness (QED) is 0.882. The molecule has 0 saturated carbocycles. The van der Waals surface area contributed by atoms with Gasteiger partial charge in [0.25, 0.3) is 0 Å². The van der Waals surface area contributed by atoms with E-state index in [0.717, 1.165) is 16.1 Å². The maximum absolute atomic E-state index is 10.1. The average Bonchev–Trinajstić information content (AvgIpc) is 2.45. The summed E-state index contributed by atoms with van der Waals surface area (Å²) in [5, 5.41) is 14.1. The lowest BCUT2D eigenvalue weighted by atomic mass is 10.1. The fraction of sp³-hybridized carbons (Fsp3) is 0.267. The molecule has 2 unspecified atom stereocenters. The van der Waals surface area contributed by atoms with Crippen molar-refractivity contribution in [1.82, 2.24) is 10.3 Å². The summed E-state index contributed by atoms with van der Waals surface area (Å²) in [5.41, 5.74) is 1.97. The minimum Gasteiger partial charge on any atom is -0.387 e. The van der Waals surface area contributed by atoms with Gasteiger partial charge >= 0.3 is 0 Å². The Balaban J connectivity index is 1.92. The number of aliphatic hydroxyl groups is 1. The largest absolute Gasteiger partial charge is 0.387 e. The Labute approximate surface area is 118 Å². The van der Waals surface area contributed by atoms with E-state index in [2.05, 4.69) is 10.3 Å². The third-order valence-electron chi connectivity index (χ3n) is 3.06. The van der Waals surface area contributed by atoms with E-state index in [1.165, 1.54) is 0 Å². The molecule has 4 heteroatoms. The third kappa shape index (κ3) is 4.03. The number of hydrogen-bond donors (Lipinski definition) is 2. The molecule has 100 valence electrons. The Hall–Kier alpha value is -1.42. The Morgan fingerprint density at radius 3 is 2.63 bits per heavy atom. The molecule has 19 heavy (non-hydrogen) atoms. The average molecular weight is 277 g/mol. The van der Waals surface area contributed by atoms with Crippen molar-refractivity contribution in [1.29, 1.82) is 0 Å². The molecular weight excluding hydrogens is 260 g/mol. The van der Waals surface area contributed by atoms with Crippen LogP contribution in [0, 0.1) is 0 Å². The molecule has 2 N–H and O–H groups in total. The molecule has 0 aliphatic carbocycles. The van der Waals surface area contributed by atoms with Gasteiger partial charge in [-0.05, 0) is 42.3 Å². The van der Waals surface area contributed by atoms with Crippen molar-refractivity contribution in [2.24, 2.45) is 0 Å². The Kier molecular flexibility index (Phi) is 4.91. The highest BCUT2D eigenvalue weighted by molar-refractivity contribution is 6.30. The summed E-state index contributed by atoms with van der Waals surface area (Å²) in [4.78, 5) is 3.93. The van der Waals surface area contributed by atoms with E-state index in [0.29, 0.717) is 6.54 Å². The first-order chi connectivity index (χ1) is 9.16. The van der Waals surface area contributed by atoms with Crippen molar-refractivity contribution in [3.05, 3.63) is 64.9 Å². The number of halogens is 1. The normalized spacial score (nSPS) is 14.1. The van der Waals surface area contributed by atoms with Crippen molar-refractivity contribution < 1.29 is 5.11 Å². The van der Waals surface area contributed by atoms with Crippen LogP contribution in [0.4, 0.5) is 0 Å². The summed E-state index contributed by atoms with van der Waals surface area (Å²) >= 11 is 5.96. The van der Waals surface area contributed by atoms with Crippen LogP contribution in [0.25, 0.3) is 0 Å². The molecule has 0 fully saturated rings. The second kappa shape index (κ2) is 6.66. The van der Waals surface area contributed by atoms with E-state index in [1.807, 2.05) is 43.3 Å². The molecule has 1 aromatic heterocycles. The second-order valence-corrected chi connectivity index (χ2v) is 4.92. The smallest absolute Gasteiger partial charge is 0.0915 e. The molecule has 0 saturated heterocycles. The molecule has 0 aliphatic rings. The van der Waals surface area contributed by atoms with Crippen molar-refractivity contribution in [2.75, 3.05) is 6.54 Å². The fourth-order valence-corrected chi connectivity index (χ4v) is 2.08. The van der Waals surface area contributed by atoms with E-state index < -0.39 is 6.10 Å². The minimum absolute atomic E-state index is 0.134. The molecule has 0 bridgehead atoms. The maximum atomic E-state index is 10.1. The predicted octanol–water partition coefficient (Wildman–Crippen LogP) is 3.12. The maximum Gasteiger partial charge on any atom is 0.0915 e. The van der Waals surface area contributed by atoms with Gasteiger partial charge < -0.3 is 10.4 Å². The Morgan fingerprint density at radius 2 is 1.95 bits per heavy atom. The van der Waals surface area contributed by atoms with Gasteiger partial charge in [-0.3, -0.25) is 4.98 Å². The first kappa shape index (κ1) is 14.0. The molecule has 1 heterocycles. The molecule has 0 radical (unpaired) electrons. The van der Waals surface area contributed by atoms with Crippen LogP contribution in [0.15, 0.2) is 48.8 Å². The second-order valence-electron chi connectivity index (χ2n) is 4.48. The third-order valence-corrected chi connectivity index (χ3v) is 3.29. The minimum atomic E-state index is -0.537. The van der Waals surface area contributed by atoms with Crippen molar-refractivity contribution >= 4 is 11.6 Å². The molecular formula is C15H17ClN2O. The summed E-state index contributed by atoms with van der Waals surface area (Å²) in [6, 6.07) is 11.5. The zero-order chi connectivity index (χ0) is 13.7. The topological polar surface area (TPSA) is 45.1 Å². The lowest BCUT2D eigenvalue weighted by Gasteiger charge is -2.17. The highest BCUT2D eigenvalue weighted by atomic mass is 35.5. The first-order valence-electron chi connectivity index (χ1n) is 6.23. The summed E-state index contributed by atoms with van der Waals surface area (Å²) in [5.74, 6) is 0. The Bertz CT molecular complexity index is 519. The van der Waals surface area contributed by atoms with Crippen LogP contribution < -0.4 is 5.32 Å². The number of nitrogens with zero attached hydrogens (tertiary/aromatic N) is 1. The van der Waals surface area contributed by atoms with Gasteiger partial charge in [0.15, 0.2) is 0 Å². The number of rotatable bonds is 5. The SMILES string of the molecule is CC(NCC(O)c1ccncc1)c1cccc(Cl)c1. The van der Waals surface area contributed by atoms with Crippen molar-refractivity contribution in [2.45, 2.75) is 19.1 Å². The molecule has 2 rings (SSSR count). The summed E-state index contributed by atoms with van der Waals surface area (Å²) in [6.07, 6.45) is 2.82. The van der Waals surface area contributed by atoms with Gasteiger partial charge in [-0.1, -0.05) is 23.7 Å². The van der Waals surface area contributed by atoms with E-state index in [9.17, 15) is 5.11 Å². The van der Waals surface area contributed by atoms with Crippen LogP contribution in [-0.4, -0.2) is 16.6 Å². The fourth-order valence-electron chi connectivity index (χ4n) is 1.89. The van der Waals surface area contributed by atoms with E-state index in [4.69, 9.17) is 11.6 Å². The molecule has 0 spiro atoms. The number of hydrogen-bond acceptors (Lipinski definition) is 3. The van der Waals surface area contributed by atoms with Gasteiger partial charge in [-0.2, -0.15) is 0 Å². The van der Waals surface area contributed by atoms with Crippen LogP contribution >= 0.6 is 11.6 Å². The highest BCUT2D eigenvalue weighted by Crippen LogP contribution is 2.18. The lowest BCUT2D eigenvalue weighted by molar-refractivity contribution is 0.170. The van der Waals surface area contributed by atoms with Crippen molar-refractivity contribution in [3.63, 3.8) is 0 Å². The van der Waals surface area contributed by atoms with Crippen LogP contribution in [0.5, 0.6) is 0 Å².